The molecule has 0 aromatic heterocycles. The molecule has 1 aromatic rings. The van der Waals surface area contributed by atoms with Gasteiger partial charge in [0.25, 0.3) is 5.91 Å². The van der Waals surface area contributed by atoms with Crippen LogP contribution in [0, 0.1) is 5.92 Å². The van der Waals surface area contributed by atoms with Gasteiger partial charge in [-0.2, -0.15) is 0 Å². The van der Waals surface area contributed by atoms with Crippen LogP contribution in [0.4, 0.5) is 0 Å². The summed E-state index contributed by atoms with van der Waals surface area (Å²) in [6.45, 7) is -0.250. The van der Waals surface area contributed by atoms with E-state index < -0.39 is 11.9 Å². The third-order valence-corrected chi connectivity index (χ3v) is 3.40. The fourth-order valence-corrected chi connectivity index (χ4v) is 2.40. The zero-order chi connectivity index (χ0) is 14.5. The Kier molecular flexibility index (Phi) is 4.45. The molecule has 108 valence electrons. The summed E-state index contributed by atoms with van der Waals surface area (Å²) in [5.41, 5.74) is 0. The molecule has 1 amide bonds. The summed E-state index contributed by atoms with van der Waals surface area (Å²) < 4.78 is 5.20. The van der Waals surface area contributed by atoms with Crippen molar-refractivity contribution in [3.63, 3.8) is 0 Å². The first kappa shape index (κ1) is 14.2. The molecule has 0 spiro atoms. The summed E-state index contributed by atoms with van der Waals surface area (Å²) in [5.74, 6) is -1.60. The van der Waals surface area contributed by atoms with Crippen LogP contribution in [0.1, 0.15) is 19.3 Å². The number of aliphatic carboxylic acids is 1. The highest BCUT2D eigenvalue weighted by Crippen LogP contribution is 2.26. The number of carboxylic acids is 1. The van der Waals surface area contributed by atoms with E-state index in [1.807, 2.05) is 0 Å². The summed E-state index contributed by atoms with van der Waals surface area (Å²) in [6.07, 6.45) is 2.04. The number of aromatic hydroxyl groups is 1. The number of phenols is 1. The van der Waals surface area contributed by atoms with Gasteiger partial charge in [0.15, 0.2) is 18.1 Å². The minimum atomic E-state index is -0.880. The number of hydrogen-bond donors (Lipinski definition) is 3. The average molecular weight is 279 g/mol. The van der Waals surface area contributed by atoms with E-state index in [0.29, 0.717) is 12.8 Å². The van der Waals surface area contributed by atoms with Crippen molar-refractivity contribution in [2.24, 2.45) is 5.92 Å². The molecule has 20 heavy (non-hydrogen) atoms. The van der Waals surface area contributed by atoms with Crippen LogP contribution < -0.4 is 10.1 Å². The van der Waals surface area contributed by atoms with E-state index in [4.69, 9.17) is 9.84 Å². The fraction of sp³-hybridized carbons (Fsp3) is 0.429. The lowest BCUT2D eigenvalue weighted by Crippen LogP contribution is -2.42. The number of phenolic OH excluding ortho intramolecular Hbond substituents is 1. The van der Waals surface area contributed by atoms with E-state index in [-0.39, 0.29) is 30.1 Å². The van der Waals surface area contributed by atoms with Crippen molar-refractivity contribution < 1.29 is 24.5 Å². The van der Waals surface area contributed by atoms with Gasteiger partial charge in [-0.1, -0.05) is 18.6 Å². The SMILES string of the molecule is O=C(COc1ccccc1O)NC1CCCC1C(=O)O. The standard InChI is InChI=1S/C14H17NO5/c16-11-6-1-2-7-12(11)20-8-13(17)15-10-5-3-4-9(10)14(18)19/h1-2,6-7,9-10,16H,3-5,8H2,(H,15,17)(H,18,19). The minimum absolute atomic E-state index is 0.0374. The first-order valence-corrected chi connectivity index (χ1v) is 6.51. The van der Waals surface area contributed by atoms with Crippen LogP contribution in [-0.2, 0) is 9.59 Å². The predicted molar refractivity (Wildman–Crippen MR) is 70.5 cm³/mol. The number of amides is 1. The highest BCUT2D eigenvalue weighted by Gasteiger charge is 2.33. The van der Waals surface area contributed by atoms with Gasteiger partial charge in [0.2, 0.25) is 0 Å². The van der Waals surface area contributed by atoms with Crippen LogP contribution in [0.15, 0.2) is 24.3 Å². The van der Waals surface area contributed by atoms with E-state index in [0.717, 1.165) is 6.42 Å². The van der Waals surface area contributed by atoms with Gasteiger partial charge >= 0.3 is 5.97 Å². The normalized spacial score (nSPS) is 21.4. The number of carboxylic acid groups (broad SMARTS) is 1. The predicted octanol–water partition coefficient (Wildman–Crippen LogP) is 1.14. The van der Waals surface area contributed by atoms with E-state index in [9.17, 15) is 14.7 Å². The van der Waals surface area contributed by atoms with Gasteiger partial charge in [0, 0.05) is 6.04 Å². The molecule has 2 rings (SSSR count). The zero-order valence-electron chi connectivity index (χ0n) is 10.9. The second kappa shape index (κ2) is 6.27. The van der Waals surface area contributed by atoms with Gasteiger partial charge in [-0.15, -0.1) is 0 Å². The summed E-state index contributed by atoms with van der Waals surface area (Å²) in [6, 6.07) is 6.01. The Morgan fingerprint density at radius 3 is 2.75 bits per heavy atom. The number of hydrogen-bond acceptors (Lipinski definition) is 4. The third-order valence-electron chi connectivity index (χ3n) is 3.40. The van der Waals surface area contributed by atoms with Gasteiger partial charge in [0.05, 0.1) is 5.92 Å². The van der Waals surface area contributed by atoms with Crippen LogP contribution in [-0.4, -0.2) is 34.7 Å². The van der Waals surface area contributed by atoms with E-state index >= 15 is 0 Å². The maximum absolute atomic E-state index is 11.7. The number of para-hydroxylation sites is 2. The van der Waals surface area contributed by atoms with Crippen LogP contribution in [0.3, 0.4) is 0 Å². The second-order valence-corrected chi connectivity index (χ2v) is 4.81. The van der Waals surface area contributed by atoms with E-state index in [2.05, 4.69) is 5.32 Å². The van der Waals surface area contributed by atoms with E-state index in [1.165, 1.54) is 6.07 Å². The number of carbonyl (C=O) groups excluding carboxylic acids is 1. The first-order valence-electron chi connectivity index (χ1n) is 6.51. The Morgan fingerprint density at radius 2 is 2.05 bits per heavy atom. The smallest absolute Gasteiger partial charge is 0.308 e. The lowest BCUT2D eigenvalue weighted by Gasteiger charge is -2.17. The summed E-state index contributed by atoms with van der Waals surface area (Å²) in [7, 11) is 0. The van der Waals surface area contributed by atoms with Crippen molar-refractivity contribution in [3.05, 3.63) is 24.3 Å². The van der Waals surface area contributed by atoms with Crippen molar-refractivity contribution in [1.82, 2.24) is 5.32 Å². The number of rotatable bonds is 5. The summed E-state index contributed by atoms with van der Waals surface area (Å²) >= 11 is 0. The summed E-state index contributed by atoms with van der Waals surface area (Å²) in [5, 5.41) is 21.2. The maximum atomic E-state index is 11.7. The van der Waals surface area contributed by atoms with Crippen molar-refractivity contribution in [3.8, 4) is 11.5 Å². The summed E-state index contributed by atoms with van der Waals surface area (Å²) in [4.78, 5) is 22.7. The van der Waals surface area contributed by atoms with Crippen molar-refractivity contribution >= 4 is 11.9 Å². The molecule has 0 bridgehead atoms. The second-order valence-electron chi connectivity index (χ2n) is 4.81. The lowest BCUT2D eigenvalue weighted by molar-refractivity contribution is -0.142. The van der Waals surface area contributed by atoms with Crippen molar-refractivity contribution in [2.75, 3.05) is 6.61 Å². The van der Waals surface area contributed by atoms with Crippen molar-refractivity contribution in [2.45, 2.75) is 25.3 Å². The highest BCUT2D eigenvalue weighted by atomic mass is 16.5. The van der Waals surface area contributed by atoms with Gasteiger partial charge < -0.3 is 20.3 Å². The number of ether oxygens (including phenoxy) is 1. The Labute approximate surface area is 116 Å². The molecule has 6 heteroatoms. The van der Waals surface area contributed by atoms with Gasteiger partial charge in [-0.3, -0.25) is 9.59 Å². The van der Waals surface area contributed by atoms with Gasteiger partial charge in [-0.05, 0) is 25.0 Å². The Bertz CT molecular complexity index is 502. The Morgan fingerprint density at radius 1 is 1.30 bits per heavy atom. The molecule has 3 N–H and O–H groups in total. The van der Waals surface area contributed by atoms with Gasteiger partial charge in [-0.25, -0.2) is 0 Å². The quantitative estimate of drug-likeness (QED) is 0.751. The number of nitrogens with one attached hydrogen (secondary N) is 1. The monoisotopic (exact) mass is 279 g/mol. The molecule has 1 aromatic carbocycles. The van der Waals surface area contributed by atoms with Crippen LogP contribution in [0.25, 0.3) is 0 Å². The van der Waals surface area contributed by atoms with E-state index in [1.54, 1.807) is 18.2 Å². The molecule has 1 aliphatic carbocycles. The third kappa shape index (κ3) is 3.40. The molecule has 1 aliphatic rings. The Hall–Kier alpha value is -2.24. The first-order chi connectivity index (χ1) is 9.58. The molecule has 0 saturated heterocycles. The largest absolute Gasteiger partial charge is 0.504 e. The topological polar surface area (TPSA) is 95.9 Å². The van der Waals surface area contributed by atoms with Crippen LogP contribution >= 0.6 is 0 Å². The van der Waals surface area contributed by atoms with Crippen LogP contribution in [0.5, 0.6) is 11.5 Å². The zero-order valence-corrected chi connectivity index (χ0v) is 10.9. The molecule has 1 fully saturated rings. The Balaban J connectivity index is 1.84. The molecule has 6 nitrogen and oxygen atoms in total. The molecule has 1 saturated carbocycles. The molecular weight excluding hydrogens is 262 g/mol. The number of benzene rings is 1. The molecule has 0 radical (unpaired) electrons. The van der Waals surface area contributed by atoms with Gasteiger partial charge in [0.1, 0.15) is 0 Å². The molecule has 0 heterocycles. The highest BCUT2D eigenvalue weighted by molar-refractivity contribution is 5.79. The number of carbonyl (C=O) groups is 2. The van der Waals surface area contributed by atoms with Crippen molar-refractivity contribution in [1.29, 1.82) is 0 Å². The molecular formula is C14H17NO5. The maximum Gasteiger partial charge on any atom is 0.308 e. The fourth-order valence-electron chi connectivity index (χ4n) is 2.40. The molecule has 2 atom stereocenters. The average Bonchev–Trinajstić information content (AvgIpc) is 2.86. The lowest BCUT2D eigenvalue weighted by atomic mass is 10.0. The van der Waals surface area contributed by atoms with Crippen LogP contribution in [0.2, 0.25) is 0 Å². The molecule has 0 aliphatic heterocycles. The minimum Gasteiger partial charge on any atom is -0.504 e. The molecule has 2 unspecified atom stereocenters.